The van der Waals surface area contributed by atoms with E-state index in [2.05, 4.69) is 16.3 Å². The Morgan fingerprint density at radius 2 is 1.90 bits per heavy atom. The van der Waals surface area contributed by atoms with E-state index in [0.717, 1.165) is 16.2 Å². The van der Waals surface area contributed by atoms with Crippen molar-refractivity contribution >= 4 is 17.4 Å². The fourth-order valence-electron chi connectivity index (χ4n) is 1.54. The smallest absolute Gasteiger partial charge is 0.258 e. The highest BCUT2D eigenvalue weighted by molar-refractivity contribution is 7.99. The van der Waals surface area contributed by atoms with E-state index in [1.165, 1.54) is 23.9 Å². The van der Waals surface area contributed by atoms with Crippen LogP contribution < -0.4 is 0 Å². The van der Waals surface area contributed by atoms with Gasteiger partial charge in [0.25, 0.3) is 5.69 Å². The first kappa shape index (κ1) is 14.0. The molecule has 1 aromatic carbocycles. The predicted molar refractivity (Wildman–Crippen MR) is 73.4 cm³/mol. The molecule has 0 fully saturated rings. The molecule has 0 saturated heterocycles. The summed E-state index contributed by atoms with van der Waals surface area (Å²) in [5, 5.41) is 28.3. The average molecular weight is 286 g/mol. The zero-order valence-corrected chi connectivity index (χ0v) is 11.6. The van der Waals surface area contributed by atoms with Gasteiger partial charge in [0, 0.05) is 17.0 Å². The van der Waals surface area contributed by atoms with Crippen LogP contribution in [0.25, 0.3) is 0 Å². The molecule has 100 valence electrons. The molecule has 2 rings (SSSR count). The van der Waals surface area contributed by atoms with E-state index >= 15 is 0 Å². The lowest BCUT2D eigenvalue weighted by Crippen LogP contribution is -1.98. The second kappa shape index (κ2) is 5.67. The molecule has 0 N–H and O–H groups in total. The van der Waals surface area contributed by atoms with Crippen LogP contribution in [0.1, 0.15) is 16.8 Å². The fourth-order valence-corrected chi connectivity index (χ4v) is 2.42. The maximum atomic E-state index is 10.6. The summed E-state index contributed by atoms with van der Waals surface area (Å²) in [6, 6.07) is 8.21. The molecule has 6 nitrogen and oxygen atoms in total. The van der Waals surface area contributed by atoms with E-state index in [4.69, 9.17) is 0 Å². The van der Waals surface area contributed by atoms with Crippen molar-refractivity contribution in [3.63, 3.8) is 0 Å². The summed E-state index contributed by atoms with van der Waals surface area (Å²) < 4.78 is 0. The van der Waals surface area contributed by atoms with E-state index in [1.807, 2.05) is 6.92 Å². The number of nitro benzene ring substituents is 1. The third kappa shape index (κ3) is 2.75. The number of benzene rings is 1. The van der Waals surface area contributed by atoms with Crippen LogP contribution in [0.2, 0.25) is 0 Å². The first-order valence-electron chi connectivity index (χ1n) is 5.69. The van der Waals surface area contributed by atoms with Gasteiger partial charge in [-0.2, -0.15) is 10.4 Å². The SMILES string of the molecule is Cc1nnc(Sc2ccc([N+](=O)[O-])cc2)c(C#N)c1C. The Morgan fingerprint density at radius 3 is 2.45 bits per heavy atom. The van der Waals surface area contributed by atoms with E-state index in [1.54, 1.807) is 19.1 Å². The Kier molecular flexibility index (Phi) is 3.96. The van der Waals surface area contributed by atoms with Crippen molar-refractivity contribution in [2.75, 3.05) is 0 Å². The first-order chi connectivity index (χ1) is 9.52. The number of aryl methyl sites for hydroxylation is 1. The van der Waals surface area contributed by atoms with Gasteiger partial charge in [-0.15, -0.1) is 5.10 Å². The predicted octanol–water partition coefficient (Wildman–Crippen LogP) is 3.02. The molecule has 0 aliphatic heterocycles. The molecule has 0 amide bonds. The Balaban J connectivity index is 2.33. The van der Waals surface area contributed by atoms with E-state index in [9.17, 15) is 15.4 Å². The molecular formula is C13H10N4O2S. The van der Waals surface area contributed by atoms with E-state index in [-0.39, 0.29) is 5.69 Å². The lowest BCUT2D eigenvalue weighted by molar-refractivity contribution is -0.384. The van der Waals surface area contributed by atoms with Crippen LogP contribution in [0.3, 0.4) is 0 Å². The van der Waals surface area contributed by atoms with Crippen LogP contribution in [0, 0.1) is 35.3 Å². The summed E-state index contributed by atoms with van der Waals surface area (Å²) >= 11 is 1.26. The molecule has 0 radical (unpaired) electrons. The lowest BCUT2D eigenvalue weighted by Gasteiger charge is -2.06. The largest absolute Gasteiger partial charge is 0.269 e. The third-order valence-electron chi connectivity index (χ3n) is 2.80. The minimum absolute atomic E-state index is 0.0287. The number of nitriles is 1. The molecule has 0 spiro atoms. The molecule has 0 bridgehead atoms. The van der Waals surface area contributed by atoms with Gasteiger partial charge in [0.15, 0.2) is 0 Å². The van der Waals surface area contributed by atoms with Gasteiger partial charge < -0.3 is 0 Å². The Morgan fingerprint density at radius 1 is 1.25 bits per heavy atom. The van der Waals surface area contributed by atoms with Crippen LogP contribution in [-0.2, 0) is 0 Å². The van der Waals surface area contributed by atoms with Crippen molar-refractivity contribution in [3.8, 4) is 6.07 Å². The monoisotopic (exact) mass is 286 g/mol. The Labute approximate surface area is 119 Å². The second-order valence-corrected chi connectivity index (χ2v) is 5.12. The zero-order chi connectivity index (χ0) is 14.7. The molecule has 0 atom stereocenters. The Bertz CT molecular complexity index is 708. The molecule has 0 aliphatic carbocycles. The van der Waals surface area contributed by atoms with Crippen molar-refractivity contribution in [3.05, 3.63) is 51.2 Å². The van der Waals surface area contributed by atoms with Gasteiger partial charge in [0.1, 0.15) is 11.1 Å². The average Bonchev–Trinajstić information content (AvgIpc) is 2.44. The quantitative estimate of drug-likeness (QED) is 0.636. The van der Waals surface area contributed by atoms with E-state index in [0.29, 0.717) is 10.6 Å². The minimum atomic E-state index is -0.453. The number of nitro groups is 1. The van der Waals surface area contributed by atoms with Gasteiger partial charge >= 0.3 is 0 Å². The second-order valence-electron chi connectivity index (χ2n) is 4.06. The molecule has 1 heterocycles. The molecular weight excluding hydrogens is 276 g/mol. The van der Waals surface area contributed by atoms with Crippen LogP contribution >= 0.6 is 11.8 Å². The highest BCUT2D eigenvalue weighted by Crippen LogP contribution is 2.30. The number of hydrogen-bond acceptors (Lipinski definition) is 6. The normalized spacial score (nSPS) is 10.1. The summed E-state index contributed by atoms with van der Waals surface area (Å²) in [6.07, 6.45) is 0. The summed E-state index contributed by atoms with van der Waals surface area (Å²) in [5.74, 6) is 0. The Hall–Kier alpha value is -2.46. The maximum Gasteiger partial charge on any atom is 0.269 e. The van der Waals surface area contributed by atoms with Crippen LogP contribution in [-0.4, -0.2) is 15.1 Å². The standard InChI is InChI=1S/C13H10N4O2S/c1-8-9(2)15-16-13(12(8)7-14)20-11-5-3-10(4-6-11)17(18)19/h3-6H,1-2H3. The van der Waals surface area contributed by atoms with E-state index < -0.39 is 4.92 Å². The summed E-state index contributed by atoms with van der Waals surface area (Å²) in [6.45, 7) is 3.62. The molecule has 2 aromatic rings. The summed E-state index contributed by atoms with van der Waals surface area (Å²) in [5.41, 5.74) is 2.03. The zero-order valence-electron chi connectivity index (χ0n) is 10.8. The molecule has 1 aromatic heterocycles. The number of non-ortho nitro benzene ring substituents is 1. The van der Waals surface area contributed by atoms with Crippen LogP contribution in [0.4, 0.5) is 5.69 Å². The highest BCUT2D eigenvalue weighted by Gasteiger charge is 2.13. The first-order valence-corrected chi connectivity index (χ1v) is 6.51. The fraction of sp³-hybridized carbons (Fsp3) is 0.154. The van der Waals surface area contributed by atoms with Gasteiger partial charge in [-0.05, 0) is 31.5 Å². The highest BCUT2D eigenvalue weighted by atomic mass is 32.2. The molecule has 0 aliphatic rings. The number of aromatic nitrogens is 2. The summed E-state index contributed by atoms with van der Waals surface area (Å²) in [7, 11) is 0. The van der Waals surface area contributed by atoms with Crippen molar-refractivity contribution < 1.29 is 4.92 Å². The number of nitrogens with zero attached hydrogens (tertiary/aromatic N) is 4. The lowest BCUT2D eigenvalue weighted by atomic mass is 10.1. The molecule has 20 heavy (non-hydrogen) atoms. The van der Waals surface area contributed by atoms with Gasteiger partial charge in [-0.3, -0.25) is 10.1 Å². The van der Waals surface area contributed by atoms with Gasteiger partial charge in [-0.1, -0.05) is 11.8 Å². The van der Waals surface area contributed by atoms with Crippen molar-refractivity contribution in [1.29, 1.82) is 5.26 Å². The third-order valence-corrected chi connectivity index (χ3v) is 3.78. The van der Waals surface area contributed by atoms with Crippen LogP contribution in [0.15, 0.2) is 34.2 Å². The number of hydrogen-bond donors (Lipinski definition) is 0. The minimum Gasteiger partial charge on any atom is -0.258 e. The van der Waals surface area contributed by atoms with Crippen molar-refractivity contribution in [2.24, 2.45) is 0 Å². The molecule has 7 heteroatoms. The van der Waals surface area contributed by atoms with Gasteiger partial charge in [0.05, 0.1) is 16.2 Å². The molecule has 0 saturated carbocycles. The van der Waals surface area contributed by atoms with Crippen LogP contribution in [0.5, 0.6) is 0 Å². The summed E-state index contributed by atoms with van der Waals surface area (Å²) in [4.78, 5) is 10.9. The topological polar surface area (TPSA) is 92.7 Å². The molecule has 0 unspecified atom stereocenters. The van der Waals surface area contributed by atoms with Gasteiger partial charge in [0.2, 0.25) is 0 Å². The van der Waals surface area contributed by atoms with Crippen molar-refractivity contribution in [2.45, 2.75) is 23.8 Å². The van der Waals surface area contributed by atoms with Crippen molar-refractivity contribution in [1.82, 2.24) is 10.2 Å². The number of rotatable bonds is 3. The maximum absolute atomic E-state index is 10.6. The van der Waals surface area contributed by atoms with Gasteiger partial charge in [-0.25, -0.2) is 0 Å².